The number of benzene rings is 1. The first-order chi connectivity index (χ1) is 7.72. The first-order valence-corrected chi connectivity index (χ1v) is 5.37. The van der Waals surface area contributed by atoms with Gasteiger partial charge in [0.25, 0.3) is 0 Å². The molecule has 1 heterocycles. The Bertz CT molecular complexity index is 573. The molecule has 0 amide bonds. The molecular weight excluding hydrogens is 226 g/mol. The summed E-state index contributed by atoms with van der Waals surface area (Å²) in [4.78, 5) is 22.7. The predicted octanol–water partition coefficient (Wildman–Crippen LogP) is 1.07. The number of nitrogens with one attached hydrogen (secondary N) is 1. The summed E-state index contributed by atoms with van der Waals surface area (Å²) in [5.74, 6) is 0. The molecule has 1 aromatic heterocycles. The molecule has 6 heteroatoms. The molecule has 1 N–H and O–H groups in total. The van der Waals surface area contributed by atoms with Crippen molar-refractivity contribution in [2.24, 2.45) is 7.05 Å². The average Bonchev–Trinajstić information content (AvgIpc) is 2.62. The van der Waals surface area contributed by atoms with Crippen molar-refractivity contribution < 1.29 is 4.79 Å². The second kappa shape index (κ2) is 4.36. The molecular formula is C10H9N3O2S. The van der Waals surface area contributed by atoms with E-state index in [-0.39, 0.29) is 5.69 Å². The summed E-state index contributed by atoms with van der Waals surface area (Å²) in [5.41, 5.74) is 0.314. The number of aromatic nitrogens is 3. The molecule has 2 rings (SSSR count). The van der Waals surface area contributed by atoms with Crippen molar-refractivity contribution in [1.82, 2.24) is 14.8 Å². The molecule has 0 aliphatic carbocycles. The summed E-state index contributed by atoms with van der Waals surface area (Å²) >= 11 is 1.28. The molecule has 0 aliphatic rings. The molecule has 0 atom stereocenters. The van der Waals surface area contributed by atoms with Crippen LogP contribution in [0, 0.1) is 0 Å². The minimum atomic E-state index is -0.272. The zero-order valence-corrected chi connectivity index (χ0v) is 9.32. The molecule has 16 heavy (non-hydrogen) atoms. The Morgan fingerprint density at radius 2 is 2.19 bits per heavy atom. The fraction of sp³-hybridized carbons (Fsp3) is 0.100. The quantitative estimate of drug-likeness (QED) is 0.808. The van der Waals surface area contributed by atoms with Gasteiger partial charge in [0.05, 0.1) is 0 Å². The fourth-order valence-corrected chi connectivity index (χ4v) is 2.08. The van der Waals surface area contributed by atoms with Crippen molar-refractivity contribution in [3.05, 3.63) is 40.3 Å². The highest BCUT2D eigenvalue weighted by Gasteiger charge is 2.08. The highest BCUT2D eigenvalue weighted by molar-refractivity contribution is 7.99. The third-order valence-electron chi connectivity index (χ3n) is 2.09. The van der Waals surface area contributed by atoms with Crippen molar-refractivity contribution in [2.75, 3.05) is 0 Å². The van der Waals surface area contributed by atoms with Gasteiger partial charge in [-0.2, -0.15) is 0 Å². The highest BCUT2D eigenvalue weighted by atomic mass is 32.2. The van der Waals surface area contributed by atoms with Crippen LogP contribution in [-0.2, 0) is 7.05 Å². The topological polar surface area (TPSA) is 67.8 Å². The van der Waals surface area contributed by atoms with E-state index in [0.717, 1.165) is 11.2 Å². The van der Waals surface area contributed by atoms with Crippen LogP contribution in [0.4, 0.5) is 0 Å². The summed E-state index contributed by atoms with van der Waals surface area (Å²) in [6.45, 7) is 0. The Labute approximate surface area is 95.5 Å². The minimum absolute atomic E-state index is 0.272. The lowest BCUT2D eigenvalue weighted by Gasteiger charge is -2.02. The third-order valence-corrected chi connectivity index (χ3v) is 3.23. The number of aromatic amines is 1. The second-order valence-electron chi connectivity index (χ2n) is 3.13. The number of aldehydes is 1. The Hall–Kier alpha value is -1.82. The SMILES string of the molecule is Cn1c(Sc2ccccc2C=O)n[nH]c1=O. The van der Waals surface area contributed by atoms with E-state index in [0.29, 0.717) is 10.7 Å². The molecule has 0 fully saturated rings. The molecule has 0 saturated heterocycles. The van der Waals surface area contributed by atoms with Gasteiger partial charge < -0.3 is 0 Å². The van der Waals surface area contributed by atoms with Crippen LogP contribution in [0.3, 0.4) is 0 Å². The minimum Gasteiger partial charge on any atom is -0.298 e. The van der Waals surface area contributed by atoms with Crippen LogP contribution in [-0.4, -0.2) is 21.1 Å². The van der Waals surface area contributed by atoms with Crippen molar-refractivity contribution >= 4 is 18.0 Å². The number of rotatable bonds is 3. The van der Waals surface area contributed by atoms with Gasteiger partial charge in [-0.1, -0.05) is 18.2 Å². The van der Waals surface area contributed by atoms with Crippen LogP contribution >= 0.6 is 11.8 Å². The number of carbonyl (C=O) groups is 1. The van der Waals surface area contributed by atoms with Crippen LogP contribution in [0.25, 0.3) is 0 Å². The molecule has 2 aromatic rings. The van der Waals surface area contributed by atoms with E-state index >= 15 is 0 Å². The first-order valence-electron chi connectivity index (χ1n) is 4.56. The summed E-state index contributed by atoms with van der Waals surface area (Å²) in [6, 6.07) is 7.16. The molecule has 0 spiro atoms. The number of hydrogen-bond donors (Lipinski definition) is 1. The van der Waals surface area contributed by atoms with Crippen LogP contribution in [0.5, 0.6) is 0 Å². The van der Waals surface area contributed by atoms with Gasteiger partial charge in [0.2, 0.25) is 0 Å². The Morgan fingerprint density at radius 3 is 2.81 bits per heavy atom. The molecule has 0 saturated carbocycles. The molecule has 0 unspecified atom stereocenters. The average molecular weight is 235 g/mol. The van der Waals surface area contributed by atoms with Crippen molar-refractivity contribution in [3.63, 3.8) is 0 Å². The summed E-state index contributed by atoms with van der Waals surface area (Å²) in [6.07, 6.45) is 0.785. The number of carbonyl (C=O) groups excluding carboxylic acids is 1. The zero-order valence-electron chi connectivity index (χ0n) is 8.51. The van der Waals surface area contributed by atoms with Crippen LogP contribution in [0.15, 0.2) is 39.1 Å². The van der Waals surface area contributed by atoms with Gasteiger partial charge in [0, 0.05) is 17.5 Å². The largest absolute Gasteiger partial charge is 0.343 e. The second-order valence-corrected chi connectivity index (χ2v) is 4.14. The molecule has 82 valence electrons. The monoisotopic (exact) mass is 235 g/mol. The lowest BCUT2D eigenvalue weighted by Crippen LogP contribution is -2.12. The van der Waals surface area contributed by atoms with Crippen LogP contribution < -0.4 is 5.69 Å². The van der Waals surface area contributed by atoms with Crippen LogP contribution in [0.1, 0.15) is 10.4 Å². The van der Waals surface area contributed by atoms with Gasteiger partial charge in [0.1, 0.15) is 0 Å². The lowest BCUT2D eigenvalue weighted by atomic mass is 10.2. The predicted molar refractivity (Wildman–Crippen MR) is 59.8 cm³/mol. The van der Waals surface area contributed by atoms with Gasteiger partial charge in [-0.05, 0) is 17.8 Å². The third kappa shape index (κ3) is 1.92. The van der Waals surface area contributed by atoms with Gasteiger partial charge in [-0.3, -0.25) is 9.36 Å². The molecule has 0 bridgehead atoms. The number of nitrogens with zero attached hydrogens (tertiary/aromatic N) is 2. The Kier molecular flexibility index (Phi) is 2.91. The van der Waals surface area contributed by atoms with Crippen LogP contribution in [0.2, 0.25) is 0 Å². The van der Waals surface area contributed by atoms with E-state index in [4.69, 9.17) is 0 Å². The van der Waals surface area contributed by atoms with Gasteiger partial charge >= 0.3 is 5.69 Å². The first kappa shape index (κ1) is 10.7. The Morgan fingerprint density at radius 1 is 1.44 bits per heavy atom. The molecule has 5 nitrogen and oxygen atoms in total. The maximum atomic E-state index is 11.1. The van der Waals surface area contributed by atoms with Crippen molar-refractivity contribution in [3.8, 4) is 0 Å². The van der Waals surface area contributed by atoms with Gasteiger partial charge in [0.15, 0.2) is 11.4 Å². The maximum absolute atomic E-state index is 11.1. The zero-order chi connectivity index (χ0) is 11.5. The van der Waals surface area contributed by atoms with Crippen molar-refractivity contribution in [1.29, 1.82) is 0 Å². The maximum Gasteiger partial charge on any atom is 0.343 e. The van der Waals surface area contributed by atoms with E-state index in [2.05, 4.69) is 10.2 Å². The fourth-order valence-electron chi connectivity index (χ4n) is 1.19. The van der Waals surface area contributed by atoms with Gasteiger partial charge in [-0.15, -0.1) is 5.10 Å². The molecule has 0 aliphatic heterocycles. The molecule has 0 radical (unpaired) electrons. The smallest absolute Gasteiger partial charge is 0.298 e. The Balaban J connectivity index is 2.37. The van der Waals surface area contributed by atoms with E-state index in [9.17, 15) is 9.59 Å². The summed E-state index contributed by atoms with van der Waals surface area (Å²) < 4.78 is 1.40. The van der Waals surface area contributed by atoms with E-state index in [1.54, 1.807) is 19.2 Å². The van der Waals surface area contributed by atoms with E-state index in [1.165, 1.54) is 16.3 Å². The van der Waals surface area contributed by atoms with E-state index in [1.807, 2.05) is 12.1 Å². The van der Waals surface area contributed by atoms with Gasteiger partial charge in [-0.25, -0.2) is 9.89 Å². The number of H-pyrrole nitrogens is 1. The summed E-state index contributed by atoms with van der Waals surface area (Å²) in [7, 11) is 1.62. The summed E-state index contributed by atoms with van der Waals surface area (Å²) in [5, 5.41) is 6.73. The van der Waals surface area contributed by atoms with E-state index < -0.39 is 0 Å². The highest BCUT2D eigenvalue weighted by Crippen LogP contribution is 2.26. The van der Waals surface area contributed by atoms with Crippen molar-refractivity contribution in [2.45, 2.75) is 10.1 Å². The number of hydrogen-bond acceptors (Lipinski definition) is 4. The normalized spacial score (nSPS) is 10.3. The molecule has 1 aromatic carbocycles. The standard InChI is InChI=1S/C10H9N3O2S/c1-13-9(15)11-12-10(13)16-8-5-3-2-4-7(8)6-14/h2-6H,1H3,(H,11,15). The lowest BCUT2D eigenvalue weighted by molar-refractivity contribution is 0.112.